The molecule has 0 N–H and O–H groups in total. The van der Waals surface area contributed by atoms with Crippen molar-refractivity contribution in [1.29, 1.82) is 0 Å². The Bertz CT molecular complexity index is 1470. The van der Waals surface area contributed by atoms with Gasteiger partial charge in [0.15, 0.2) is 0 Å². The molecule has 0 amide bonds. The normalized spacial score (nSPS) is 35.2. The smallest absolute Gasteiger partial charge is 0.0804 e. The highest BCUT2D eigenvalue weighted by Crippen LogP contribution is 2.50. The van der Waals surface area contributed by atoms with Crippen molar-refractivity contribution >= 4 is 0 Å². The topological polar surface area (TPSA) is 61.9 Å². The van der Waals surface area contributed by atoms with E-state index in [2.05, 4.69) is 30.6 Å². The molecule has 0 radical (unpaired) electrons. The van der Waals surface area contributed by atoms with Crippen molar-refractivity contribution in [3.05, 3.63) is 0 Å². The molecule has 0 saturated heterocycles. The monoisotopic (exact) mass is 1050 g/mol. The summed E-state index contributed by atoms with van der Waals surface area (Å²) >= 11 is 0. The minimum Gasteiger partial charge on any atom is -0.381 e. The van der Waals surface area contributed by atoms with Gasteiger partial charge in [-0.3, -0.25) is 9.80 Å². The SMILES string of the molecule is CCC(COC1CCC(C(C)(C)C2CCC(OCC(CCCCCCCOC3CCC(N(C4CCCCC4)C4CCC(C5CCC(N(C6CCCCC6)C6CCC(OC)CC6)CC5)CC4)CC3)OC)CC2)CC1)OC. The van der Waals surface area contributed by atoms with Gasteiger partial charge >= 0.3 is 0 Å². The minimum absolute atomic E-state index is 0.227. The van der Waals surface area contributed by atoms with Gasteiger partial charge in [-0.25, -0.2) is 0 Å². The molecule has 0 heterocycles. The van der Waals surface area contributed by atoms with Gasteiger partial charge in [0.2, 0.25) is 0 Å². The predicted molar refractivity (Wildman–Crippen MR) is 311 cm³/mol. The summed E-state index contributed by atoms with van der Waals surface area (Å²) in [6.07, 6.45) is 58.0. The van der Waals surface area contributed by atoms with E-state index in [1.807, 2.05) is 21.3 Å². The number of methoxy groups -OCH3 is 3. The molecular weight excluding hydrogens is 929 g/mol. The first-order valence-electron chi connectivity index (χ1n) is 33.7. The second kappa shape index (κ2) is 32.4. The van der Waals surface area contributed by atoms with E-state index >= 15 is 0 Å². The van der Waals surface area contributed by atoms with E-state index in [-0.39, 0.29) is 12.2 Å². The molecule has 2 unspecified atom stereocenters. The molecule has 8 aliphatic rings. The van der Waals surface area contributed by atoms with Gasteiger partial charge in [-0.15, -0.1) is 0 Å². The Kier molecular flexibility index (Phi) is 26.2. The third-order valence-electron chi connectivity index (χ3n) is 23.1. The zero-order valence-electron chi connectivity index (χ0n) is 50.2. The molecular formula is C67H122N2O6. The second-order valence-electron chi connectivity index (χ2n) is 27.7. The van der Waals surface area contributed by atoms with Crippen molar-refractivity contribution in [2.45, 2.75) is 357 Å². The molecule has 2 atom stereocenters. The molecule has 8 saturated carbocycles. The van der Waals surface area contributed by atoms with Crippen LogP contribution in [0.5, 0.6) is 0 Å². The Balaban J connectivity index is 0.664. The van der Waals surface area contributed by atoms with Crippen LogP contribution >= 0.6 is 0 Å². The van der Waals surface area contributed by atoms with Crippen molar-refractivity contribution in [2.75, 3.05) is 41.2 Å². The van der Waals surface area contributed by atoms with Crippen LogP contribution in [0.4, 0.5) is 0 Å². The summed E-state index contributed by atoms with van der Waals surface area (Å²) in [6.45, 7) is 9.78. The maximum Gasteiger partial charge on any atom is 0.0804 e. The van der Waals surface area contributed by atoms with Crippen LogP contribution in [0.3, 0.4) is 0 Å². The van der Waals surface area contributed by atoms with Crippen LogP contribution in [0.15, 0.2) is 0 Å². The number of unbranched alkanes of at least 4 members (excludes halogenated alkanes) is 4. The lowest BCUT2D eigenvalue weighted by Gasteiger charge is -2.51. The lowest BCUT2D eigenvalue weighted by molar-refractivity contribution is -0.0689. The Morgan fingerprint density at radius 3 is 1.16 bits per heavy atom. The minimum atomic E-state index is 0.227. The van der Waals surface area contributed by atoms with Crippen molar-refractivity contribution < 1.29 is 28.4 Å². The number of hydrogen-bond acceptors (Lipinski definition) is 8. The van der Waals surface area contributed by atoms with E-state index in [1.54, 1.807) is 0 Å². The van der Waals surface area contributed by atoms with E-state index in [1.165, 1.54) is 250 Å². The predicted octanol–water partition coefficient (Wildman–Crippen LogP) is 16.6. The molecule has 436 valence electrons. The fourth-order valence-electron chi connectivity index (χ4n) is 18.0. The van der Waals surface area contributed by atoms with E-state index in [9.17, 15) is 0 Å². The molecule has 0 aromatic heterocycles. The fraction of sp³-hybridized carbons (Fsp3) is 1.00. The van der Waals surface area contributed by atoms with E-state index < -0.39 is 0 Å². The lowest BCUT2D eigenvalue weighted by atomic mass is 9.60. The third kappa shape index (κ3) is 18.1. The first-order chi connectivity index (χ1) is 36.8. The van der Waals surface area contributed by atoms with Crippen LogP contribution < -0.4 is 0 Å². The summed E-state index contributed by atoms with van der Waals surface area (Å²) in [7, 11) is 5.64. The Hall–Kier alpha value is -0.320. The Labute approximate surface area is 463 Å². The van der Waals surface area contributed by atoms with Gasteiger partial charge in [0.1, 0.15) is 0 Å². The van der Waals surface area contributed by atoms with Gasteiger partial charge in [0.25, 0.3) is 0 Å². The van der Waals surface area contributed by atoms with E-state index in [4.69, 9.17) is 28.4 Å². The first-order valence-corrected chi connectivity index (χ1v) is 33.7. The zero-order valence-corrected chi connectivity index (χ0v) is 50.2. The Morgan fingerprint density at radius 2 is 0.733 bits per heavy atom. The summed E-state index contributed by atoms with van der Waals surface area (Å²) in [5.41, 5.74) is 0.395. The lowest BCUT2D eigenvalue weighted by Crippen LogP contribution is -2.53. The average molecular weight is 1050 g/mol. The molecule has 0 aliphatic heterocycles. The maximum absolute atomic E-state index is 6.64. The number of ether oxygens (including phenoxy) is 6. The fourth-order valence-corrected chi connectivity index (χ4v) is 18.0. The third-order valence-corrected chi connectivity index (χ3v) is 23.1. The highest BCUT2D eigenvalue weighted by molar-refractivity contribution is 4.97. The summed E-state index contributed by atoms with van der Waals surface area (Å²) in [4.78, 5) is 6.37. The van der Waals surface area contributed by atoms with Gasteiger partial charge in [-0.05, 0) is 228 Å². The highest BCUT2D eigenvalue weighted by Gasteiger charge is 2.43. The standard InChI is InChI=1S/C67H122N2O6/c1-7-61(70-4)49-74-64-40-28-53(29-41-64)67(2,3)54-30-42-65(43-31-54)75-50-66(72-6)23-17-9-8-10-18-48-73-63-46-38-60(39-47-63)69(56-21-15-12-16-22-56)58-34-26-52(27-35-58)51-24-32-57(33-25-51)68(55-19-13-11-14-20-55)59-36-44-62(71-5)45-37-59/h51-66H,7-50H2,1-6H3. The Morgan fingerprint density at radius 1 is 0.373 bits per heavy atom. The summed E-state index contributed by atoms with van der Waals surface area (Å²) < 4.78 is 36.8. The average Bonchev–Trinajstić information content (AvgIpc) is 3.47. The first kappa shape index (κ1) is 60.8. The van der Waals surface area contributed by atoms with Crippen LogP contribution in [0.1, 0.15) is 284 Å². The van der Waals surface area contributed by atoms with Crippen LogP contribution in [0.2, 0.25) is 0 Å². The highest BCUT2D eigenvalue weighted by atomic mass is 16.5. The second-order valence-corrected chi connectivity index (χ2v) is 27.7. The van der Waals surface area contributed by atoms with Crippen LogP contribution in [0, 0.1) is 29.1 Å². The number of hydrogen-bond donors (Lipinski definition) is 0. The molecule has 0 bridgehead atoms. The summed E-state index contributed by atoms with van der Waals surface area (Å²) in [5, 5.41) is 0. The van der Waals surface area contributed by atoms with Gasteiger partial charge < -0.3 is 28.4 Å². The van der Waals surface area contributed by atoms with Crippen LogP contribution in [-0.4, -0.2) is 124 Å². The zero-order chi connectivity index (χ0) is 52.2. The number of nitrogens with zero attached hydrogens (tertiary/aromatic N) is 2. The van der Waals surface area contributed by atoms with Crippen molar-refractivity contribution in [3.63, 3.8) is 0 Å². The molecule has 0 spiro atoms. The van der Waals surface area contributed by atoms with E-state index in [0.717, 1.165) is 92.6 Å². The molecule has 8 rings (SSSR count). The van der Waals surface area contributed by atoms with Crippen LogP contribution in [0.25, 0.3) is 0 Å². The molecule has 75 heavy (non-hydrogen) atoms. The van der Waals surface area contributed by atoms with Crippen molar-refractivity contribution in [3.8, 4) is 0 Å². The summed E-state index contributed by atoms with van der Waals surface area (Å²) in [5.74, 6) is 3.59. The summed E-state index contributed by atoms with van der Waals surface area (Å²) in [6, 6.07) is 5.02. The molecule has 0 aromatic rings. The van der Waals surface area contributed by atoms with Gasteiger partial charge in [0, 0.05) is 64.2 Å². The van der Waals surface area contributed by atoms with Crippen molar-refractivity contribution in [1.82, 2.24) is 9.80 Å². The largest absolute Gasteiger partial charge is 0.381 e. The van der Waals surface area contributed by atoms with Crippen LogP contribution in [-0.2, 0) is 28.4 Å². The van der Waals surface area contributed by atoms with Gasteiger partial charge in [0.05, 0.1) is 49.8 Å². The molecule has 8 fully saturated rings. The van der Waals surface area contributed by atoms with Gasteiger partial charge in [-0.2, -0.15) is 0 Å². The van der Waals surface area contributed by atoms with E-state index in [0.29, 0.717) is 29.8 Å². The molecule has 8 aliphatic carbocycles. The molecule has 8 nitrogen and oxygen atoms in total. The molecule has 8 heteroatoms. The van der Waals surface area contributed by atoms with Gasteiger partial charge in [-0.1, -0.05) is 85.0 Å². The quantitative estimate of drug-likeness (QED) is 0.0719. The maximum atomic E-state index is 6.64. The molecule has 0 aromatic carbocycles. The van der Waals surface area contributed by atoms with Crippen molar-refractivity contribution in [2.24, 2.45) is 29.1 Å². The number of rotatable bonds is 28.